The topological polar surface area (TPSA) is 87.2 Å². The maximum atomic E-state index is 14.4. The molecule has 1 unspecified atom stereocenters. The maximum Gasteiger partial charge on any atom is 0.258 e. The van der Waals surface area contributed by atoms with Crippen LogP contribution in [0.2, 0.25) is 0 Å². The zero-order valence-corrected chi connectivity index (χ0v) is 20.4. The second kappa shape index (κ2) is 8.58. The number of thioether (sulfide) groups is 1. The lowest BCUT2D eigenvalue weighted by Gasteiger charge is -2.43. The number of amides is 1. The van der Waals surface area contributed by atoms with Crippen LogP contribution in [0.4, 0.5) is 0 Å². The molecule has 7 heteroatoms. The van der Waals surface area contributed by atoms with E-state index < -0.39 is 5.91 Å². The summed E-state index contributed by atoms with van der Waals surface area (Å²) in [6, 6.07) is 8.35. The minimum Gasteiger partial charge on any atom is -0.375 e. The Balaban J connectivity index is 1.74. The van der Waals surface area contributed by atoms with Gasteiger partial charge in [-0.1, -0.05) is 55.3 Å². The maximum absolute atomic E-state index is 14.4. The van der Waals surface area contributed by atoms with E-state index in [2.05, 4.69) is 32.0 Å². The summed E-state index contributed by atoms with van der Waals surface area (Å²) >= 11 is 1.28. The van der Waals surface area contributed by atoms with Crippen LogP contribution >= 0.6 is 11.8 Å². The van der Waals surface area contributed by atoms with Crippen molar-refractivity contribution < 1.29 is 9.53 Å². The average molecular weight is 468 g/mol. The van der Waals surface area contributed by atoms with Crippen LogP contribution in [0.15, 0.2) is 34.2 Å². The largest absolute Gasteiger partial charge is 0.375 e. The van der Waals surface area contributed by atoms with Crippen molar-refractivity contribution >= 4 is 17.7 Å². The van der Waals surface area contributed by atoms with Gasteiger partial charge in [0.1, 0.15) is 0 Å². The molecule has 5 rings (SSSR count). The molecule has 1 aromatic carbocycles. The lowest BCUT2D eigenvalue weighted by molar-refractivity contribution is -0.115. The van der Waals surface area contributed by atoms with E-state index in [1.807, 2.05) is 10.6 Å². The molecule has 1 atom stereocenters. The minimum absolute atomic E-state index is 0.00719. The van der Waals surface area contributed by atoms with Crippen LogP contribution in [0.5, 0.6) is 0 Å². The highest BCUT2D eigenvalue weighted by Crippen LogP contribution is 2.49. The molecule has 1 amide bonds. The Morgan fingerprint density at radius 3 is 2.73 bits per heavy atom. The van der Waals surface area contributed by atoms with Crippen molar-refractivity contribution in [1.82, 2.24) is 9.55 Å². The number of nitrogens with zero attached hydrogens (tertiary/aromatic N) is 2. The Morgan fingerprint density at radius 2 is 2.00 bits per heavy atom. The Hall–Kier alpha value is -2.12. The monoisotopic (exact) mass is 467 g/mol. The van der Waals surface area contributed by atoms with E-state index in [-0.39, 0.29) is 28.4 Å². The molecule has 33 heavy (non-hydrogen) atoms. The summed E-state index contributed by atoms with van der Waals surface area (Å²) in [6.07, 6.45) is 7.96. The van der Waals surface area contributed by atoms with Crippen LogP contribution < -0.4 is 11.3 Å². The summed E-state index contributed by atoms with van der Waals surface area (Å²) in [5.74, 6) is -0.306. The third kappa shape index (κ3) is 4.14. The summed E-state index contributed by atoms with van der Waals surface area (Å²) in [5, 5.41) is 0.600. The number of rotatable bonds is 4. The number of hydrogen-bond donors (Lipinski definition) is 1. The van der Waals surface area contributed by atoms with Gasteiger partial charge in [0.25, 0.3) is 5.56 Å². The fourth-order valence-corrected chi connectivity index (χ4v) is 6.98. The molecular weight excluding hydrogens is 434 g/mol. The molecule has 2 fully saturated rings. The number of hydrogen-bond acceptors (Lipinski definition) is 5. The van der Waals surface area contributed by atoms with Gasteiger partial charge in [0, 0.05) is 23.6 Å². The molecule has 0 bridgehead atoms. The quantitative estimate of drug-likeness (QED) is 0.533. The van der Waals surface area contributed by atoms with E-state index in [1.165, 1.54) is 23.7 Å². The zero-order chi connectivity index (χ0) is 23.2. The highest BCUT2D eigenvalue weighted by atomic mass is 32.2. The van der Waals surface area contributed by atoms with Gasteiger partial charge in [-0.15, -0.1) is 0 Å². The third-order valence-corrected chi connectivity index (χ3v) is 8.58. The van der Waals surface area contributed by atoms with Crippen molar-refractivity contribution in [1.29, 1.82) is 0 Å². The fourth-order valence-electron chi connectivity index (χ4n) is 6.18. The van der Waals surface area contributed by atoms with E-state index in [1.54, 1.807) is 0 Å². The van der Waals surface area contributed by atoms with Crippen molar-refractivity contribution in [3.05, 3.63) is 45.7 Å². The van der Waals surface area contributed by atoms with Crippen LogP contribution in [0.1, 0.15) is 76.0 Å². The first kappa shape index (κ1) is 22.7. The highest BCUT2D eigenvalue weighted by Gasteiger charge is 2.44. The number of primary amides is 1. The number of nitrogens with two attached hydrogens (primary N) is 1. The van der Waals surface area contributed by atoms with Gasteiger partial charge in [0.05, 0.1) is 22.6 Å². The number of carbonyl (C=O) groups is 1. The average Bonchev–Trinajstić information content (AvgIpc) is 2.77. The second-order valence-electron chi connectivity index (χ2n) is 10.5. The zero-order valence-electron chi connectivity index (χ0n) is 19.6. The second-order valence-corrected chi connectivity index (χ2v) is 11.4. The first-order valence-electron chi connectivity index (χ1n) is 12.1. The number of aromatic nitrogens is 2. The van der Waals surface area contributed by atoms with Gasteiger partial charge in [0.2, 0.25) is 5.91 Å². The number of benzene rings is 1. The number of ether oxygens (including phenoxy) is 1. The predicted molar refractivity (Wildman–Crippen MR) is 131 cm³/mol. The Labute approximate surface area is 199 Å². The van der Waals surface area contributed by atoms with Gasteiger partial charge < -0.3 is 10.5 Å². The molecule has 2 N–H and O–H groups in total. The molecule has 176 valence electrons. The van der Waals surface area contributed by atoms with Crippen molar-refractivity contribution in [2.45, 2.75) is 87.4 Å². The van der Waals surface area contributed by atoms with Gasteiger partial charge in [-0.05, 0) is 51.5 Å². The summed E-state index contributed by atoms with van der Waals surface area (Å²) in [4.78, 5) is 31.2. The van der Waals surface area contributed by atoms with Crippen LogP contribution in [0.3, 0.4) is 0 Å². The first-order chi connectivity index (χ1) is 15.8. The molecule has 1 saturated carbocycles. The lowest BCUT2D eigenvalue weighted by Crippen LogP contribution is -2.46. The Bertz CT molecular complexity index is 1130. The van der Waals surface area contributed by atoms with Crippen molar-refractivity contribution in [3.8, 4) is 11.3 Å². The van der Waals surface area contributed by atoms with Crippen molar-refractivity contribution in [3.63, 3.8) is 0 Å². The first-order valence-corrected chi connectivity index (χ1v) is 13.1. The lowest BCUT2D eigenvalue weighted by atomic mass is 9.62. The van der Waals surface area contributed by atoms with Crippen LogP contribution in [0, 0.1) is 0 Å². The van der Waals surface area contributed by atoms with Crippen LogP contribution in [0.25, 0.3) is 11.3 Å². The van der Waals surface area contributed by atoms with Crippen molar-refractivity contribution in [2.75, 3.05) is 12.4 Å². The van der Waals surface area contributed by atoms with Gasteiger partial charge >= 0.3 is 0 Å². The Kier molecular flexibility index (Phi) is 5.90. The number of carbonyl (C=O) groups excluding carboxylic acids is 1. The molecule has 2 aromatic rings. The smallest absolute Gasteiger partial charge is 0.258 e. The summed E-state index contributed by atoms with van der Waals surface area (Å²) in [5.41, 5.74) is 9.14. The predicted octanol–water partition coefficient (Wildman–Crippen LogP) is 4.38. The molecule has 2 heterocycles. The fraction of sp³-hybridized carbons (Fsp3) is 0.577. The summed E-state index contributed by atoms with van der Waals surface area (Å²) in [7, 11) is 0. The van der Waals surface area contributed by atoms with Gasteiger partial charge in [0.15, 0.2) is 5.16 Å². The van der Waals surface area contributed by atoms with Gasteiger partial charge in [-0.2, -0.15) is 0 Å². The van der Waals surface area contributed by atoms with Gasteiger partial charge in [-0.3, -0.25) is 14.2 Å². The molecule has 3 aliphatic rings. The van der Waals surface area contributed by atoms with E-state index in [0.717, 1.165) is 61.8 Å². The molecule has 6 nitrogen and oxygen atoms in total. The number of fused-ring (bicyclic) bond motifs is 4. The molecule has 1 saturated heterocycles. The molecule has 1 aromatic heterocycles. The van der Waals surface area contributed by atoms with Crippen molar-refractivity contribution in [2.24, 2.45) is 5.73 Å². The van der Waals surface area contributed by atoms with Gasteiger partial charge in [-0.25, -0.2) is 4.98 Å². The Morgan fingerprint density at radius 1 is 1.24 bits per heavy atom. The standard InChI is InChI=1S/C26H33N3O3S/c1-25(2)15-18(10-13-32-25)29-23(31)21-22(28-24(29)33-16-20(27)30)19-9-5-4-8-17(19)14-26(21)11-6-3-7-12-26/h4-5,8-9,18H,3,6-7,10-16H2,1-2H3,(H2,27,30). The van der Waals surface area contributed by atoms with Crippen LogP contribution in [-0.4, -0.2) is 33.4 Å². The third-order valence-electron chi connectivity index (χ3n) is 7.61. The highest BCUT2D eigenvalue weighted by molar-refractivity contribution is 7.99. The van der Waals surface area contributed by atoms with E-state index in [0.29, 0.717) is 11.8 Å². The molecule has 0 radical (unpaired) electrons. The van der Waals surface area contributed by atoms with E-state index in [9.17, 15) is 9.59 Å². The molecule has 1 aliphatic heterocycles. The summed E-state index contributed by atoms with van der Waals surface area (Å²) < 4.78 is 7.84. The summed E-state index contributed by atoms with van der Waals surface area (Å²) in [6.45, 7) is 4.76. The minimum atomic E-state index is -0.407. The normalized spacial score (nSPS) is 23.0. The molecule has 1 spiro atoms. The molecule has 2 aliphatic carbocycles. The van der Waals surface area contributed by atoms with E-state index >= 15 is 0 Å². The molecular formula is C26H33N3O3S. The SMILES string of the molecule is CC1(C)CC(n2c(SCC(N)=O)nc3c(c2=O)C2(CCCCC2)Cc2ccccc2-3)CCO1. The van der Waals surface area contributed by atoms with E-state index in [4.69, 9.17) is 15.5 Å². The van der Waals surface area contributed by atoms with Crippen LogP contribution in [-0.2, 0) is 21.4 Å².